The number of anilines is 2. The summed E-state index contributed by atoms with van der Waals surface area (Å²) >= 11 is 1.67. The molecule has 3 unspecified atom stereocenters. The van der Waals surface area contributed by atoms with Crippen LogP contribution in [0.3, 0.4) is 0 Å². The van der Waals surface area contributed by atoms with Crippen LogP contribution in [0, 0.1) is 11.3 Å². The number of nitrogen functional groups attached to an aromatic ring is 1. The molecule has 4 N–H and O–H groups in total. The van der Waals surface area contributed by atoms with Crippen LogP contribution in [0.5, 0.6) is 0 Å². The van der Waals surface area contributed by atoms with Crippen LogP contribution in [0.25, 0.3) is 0 Å². The second-order valence-corrected chi connectivity index (χ2v) is 11.7. The van der Waals surface area contributed by atoms with Crippen molar-refractivity contribution in [2.24, 2.45) is 5.92 Å². The van der Waals surface area contributed by atoms with Gasteiger partial charge in [-0.15, -0.1) is 0 Å². The lowest BCUT2D eigenvalue weighted by atomic mass is 10.0. The Bertz CT molecular complexity index is 1290. The Balaban J connectivity index is 1.33. The number of hydrogen-bond acceptors (Lipinski definition) is 8. The zero-order chi connectivity index (χ0) is 26.2. The third kappa shape index (κ3) is 5.56. The highest BCUT2D eigenvalue weighted by Crippen LogP contribution is 2.40. The van der Waals surface area contributed by atoms with Gasteiger partial charge < -0.3 is 20.7 Å². The number of carbonyl (C=O) groups is 1. The van der Waals surface area contributed by atoms with Gasteiger partial charge in [0.25, 0.3) is 0 Å². The van der Waals surface area contributed by atoms with Crippen LogP contribution in [-0.2, 0) is 4.74 Å². The maximum absolute atomic E-state index is 12.8. The lowest BCUT2D eigenvalue weighted by Gasteiger charge is -2.35. The summed E-state index contributed by atoms with van der Waals surface area (Å²) in [5.41, 5.74) is 7.18. The second-order valence-electron chi connectivity index (χ2n) is 10.6. The Hall–Kier alpha value is -3.59. The average Bonchev–Trinajstić information content (AvgIpc) is 3.45. The first-order valence-corrected chi connectivity index (χ1v) is 13.3. The minimum atomic E-state index is -0.541. The third-order valence-corrected chi connectivity index (χ3v) is 7.70. The van der Waals surface area contributed by atoms with E-state index in [2.05, 4.69) is 27.4 Å². The van der Waals surface area contributed by atoms with Crippen molar-refractivity contribution < 1.29 is 9.53 Å². The van der Waals surface area contributed by atoms with E-state index in [0.29, 0.717) is 23.8 Å². The van der Waals surface area contributed by atoms with Crippen molar-refractivity contribution in [3.63, 3.8) is 0 Å². The number of amides is 1. The van der Waals surface area contributed by atoms with Crippen LogP contribution in [0.15, 0.2) is 70.7 Å². The van der Waals surface area contributed by atoms with Gasteiger partial charge in [0, 0.05) is 27.9 Å². The topological polar surface area (TPSA) is 117 Å². The van der Waals surface area contributed by atoms with Gasteiger partial charge in [0.15, 0.2) is 0 Å². The van der Waals surface area contributed by atoms with Crippen molar-refractivity contribution in [2.75, 3.05) is 17.6 Å². The van der Waals surface area contributed by atoms with Crippen molar-refractivity contribution in [1.82, 2.24) is 14.9 Å². The molecule has 1 saturated carbocycles. The number of fused-ring (bicyclic) bond motifs is 2. The monoisotopic (exact) mass is 516 g/mol. The smallest absolute Gasteiger partial charge is 0.410 e. The van der Waals surface area contributed by atoms with E-state index in [4.69, 9.17) is 15.9 Å². The molecule has 0 spiro atoms. The van der Waals surface area contributed by atoms with Gasteiger partial charge in [-0.3, -0.25) is 5.41 Å². The molecular weight excluding hydrogens is 484 g/mol. The molecule has 2 heterocycles. The van der Waals surface area contributed by atoms with Gasteiger partial charge in [-0.1, -0.05) is 42.1 Å². The van der Waals surface area contributed by atoms with E-state index in [-0.39, 0.29) is 29.7 Å². The maximum atomic E-state index is 12.8. The van der Waals surface area contributed by atoms with Crippen molar-refractivity contribution >= 4 is 35.2 Å². The Morgan fingerprint density at radius 3 is 2.46 bits per heavy atom. The Morgan fingerprint density at radius 1 is 1.08 bits per heavy atom. The Kier molecular flexibility index (Phi) is 6.81. The van der Waals surface area contributed by atoms with Crippen LogP contribution in [0.2, 0.25) is 0 Å². The van der Waals surface area contributed by atoms with Gasteiger partial charge in [0.05, 0.1) is 17.3 Å². The minimum absolute atomic E-state index is 0.00299. The van der Waals surface area contributed by atoms with Crippen molar-refractivity contribution in [2.45, 2.75) is 61.1 Å². The first-order chi connectivity index (χ1) is 17.7. The standard InChI is InChI=1S/C28H32N6O2S/c1-28(2,3)36-27(35)34-15-17-13-21(22(34)14-17)33-26-23(25(30)31-16-32-26)24(29)18-9-11-20(12-10-18)37-19-7-5-4-6-8-19/h4-12,16-17,21-22,29H,13-15H2,1-3H3,(H3,30,31,32,33). The largest absolute Gasteiger partial charge is 0.444 e. The fourth-order valence-electron chi connectivity index (χ4n) is 5.10. The Morgan fingerprint density at radius 2 is 1.78 bits per heavy atom. The molecule has 3 atom stereocenters. The molecule has 3 aromatic rings. The van der Waals surface area contributed by atoms with Gasteiger partial charge >= 0.3 is 6.09 Å². The summed E-state index contributed by atoms with van der Waals surface area (Å²) in [5.74, 6) is 1.17. The molecule has 192 valence electrons. The van der Waals surface area contributed by atoms with Crippen LogP contribution in [0.4, 0.5) is 16.4 Å². The number of hydrogen-bond donors (Lipinski definition) is 3. The highest BCUT2D eigenvalue weighted by Gasteiger charge is 2.48. The highest BCUT2D eigenvalue weighted by molar-refractivity contribution is 7.99. The normalized spacial score (nSPS) is 20.6. The average molecular weight is 517 g/mol. The van der Waals surface area contributed by atoms with E-state index in [1.807, 2.05) is 68.1 Å². The van der Waals surface area contributed by atoms with Crippen LogP contribution in [-0.4, -0.2) is 50.9 Å². The molecule has 8 nitrogen and oxygen atoms in total. The predicted octanol–water partition coefficient (Wildman–Crippen LogP) is 5.44. The molecular formula is C28H32N6O2S. The number of piperidine rings is 1. The summed E-state index contributed by atoms with van der Waals surface area (Å²) in [7, 11) is 0. The summed E-state index contributed by atoms with van der Waals surface area (Å²) in [6, 6.07) is 18.0. The van der Waals surface area contributed by atoms with Gasteiger partial charge in [-0.25, -0.2) is 14.8 Å². The quantitative estimate of drug-likeness (QED) is 0.374. The summed E-state index contributed by atoms with van der Waals surface area (Å²) in [5, 5.41) is 12.4. The van der Waals surface area contributed by atoms with Gasteiger partial charge in [-0.2, -0.15) is 0 Å². The van der Waals surface area contributed by atoms with E-state index in [1.54, 1.807) is 11.8 Å². The lowest BCUT2D eigenvalue weighted by molar-refractivity contribution is 0.0179. The Labute approximate surface area is 221 Å². The number of benzene rings is 2. The highest BCUT2D eigenvalue weighted by atomic mass is 32.2. The zero-order valence-corrected chi connectivity index (χ0v) is 22.1. The van der Waals surface area contributed by atoms with Crippen LogP contribution < -0.4 is 11.1 Å². The van der Waals surface area contributed by atoms with E-state index >= 15 is 0 Å². The first kappa shape index (κ1) is 25.1. The maximum Gasteiger partial charge on any atom is 0.410 e. The fourth-order valence-corrected chi connectivity index (χ4v) is 5.94. The molecule has 0 radical (unpaired) electrons. The number of nitrogens with two attached hydrogens (primary N) is 1. The lowest BCUT2D eigenvalue weighted by Crippen LogP contribution is -2.49. The van der Waals surface area contributed by atoms with E-state index in [1.165, 1.54) is 6.33 Å². The number of rotatable bonds is 6. The predicted molar refractivity (Wildman–Crippen MR) is 146 cm³/mol. The van der Waals surface area contributed by atoms with Crippen molar-refractivity contribution in [1.29, 1.82) is 5.41 Å². The molecule has 1 saturated heterocycles. The third-order valence-electron chi connectivity index (χ3n) is 6.68. The minimum Gasteiger partial charge on any atom is -0.444 e. The molecule has 37 heavy (non-hydrogen) atoms. The molecule has 1 aliphatic carbocycles. The number of aromatic nitrogens is 2. The summed E-state index contributed by atoms with van der Waals surface area (Å²) < 4.78 is 5.64. The number of ether oxygens (including phenoxy) is 1. The SMILES string of the molecule is CC(C)(C)OC(=O)N1CC2CC(Nc3ncnc(N)c3C(=N)c3ccc(Sc4ccccc4)cc3)C1C2. The van der Waals surface area contributed by atoms with Crippen molar-refractivity contribution in [3.8, 4) is 0 Å². The molecule has 1 aromatic heterocycles. The first-order valence-electron chi connectivity index (χ1n) is 12.5. The number of nitrogens with zero attached hydrogens (tertiary/aromatic N) is 3. The summed E-state index contributed by atoms with van der Waals surface area (Å²) in [4.78, 5) is 25.5. The van der Waals surface area contributed by atoms with Gasteiger partial charge in [0.2, 0.25) is 0 Å². The number of carbonyl (C=O) groups excluding carboxylic acids is 1. The summed E-state index contributed by atoms with van der Waals surface area (Å²) in [6.45, 7) is 6.34. The molecule has 9 heteroatoms. The van der Waals surface area contributed by atoms with Crippen LogP contribution in [0.1, 0.15) is 44.7 Å². The van der Waals surface area contributed by atoms with E-state index < -0.39 is 5.60 Å². The number of likely N-dealkylation sites (tertiary alicyclic amines) is 1. The fraction of sp³-hybridized carbons (Fsp3) is 0.357. The van der Waals surface area contributed by atoms with E-state index in [0.717, 1.165) is 28.2 Å². The molecule has 2 aliphatic rings. The summed E-state index contributed by atoms with van der Waals surface area (Å²) in [6.07, 6.45) is 2.97. The van der Waals surface area contributed by atoms with E-state index in [9.17, 15) is 4.79 Å². The number of nitrogens with one attached hydrogen (secondary N) is 2. The molecule has 2 aromatic carbocycles. The zero-order valence-electron chi connectivity index (χ0n) is 21.3. The molecule has 5 rings (SSSR count). The van der Waals surface area contributed by atoms with Crippen molar-refractivity contribution in [3.05, 3.63) is 72.1 Å². The molecule has 2 bridgehead atoms. The second kappa shape index (κ2) is 10.0. The van der Waals surface area contributed by atoms with Gasteiger partial charge in [-0.05, 0) is 63.8 Å². The molecule has 1 aliphatic heterocycles. The van der Waals surface area contributed by atoms with Gasteiger partial charge in [0.1, 0.15) is 23.6 Å². The molecule has 2 fully saturated rings. The molecule has 1 amide bonds. The van der Waals surface area contributed by atoms with Crippen LogP contribution >= 0.6 is 11.8 Å².